The van der Waals surface area contributed by atoms with E-state index in [4.69, 9.17) is 5.11 Å². The molecule has 1 aliphatic heterocycles. The number of Topliss-reactive ketones (excluding diaryl/α,β-unsaturated/α-hetero) is 1. The van der Waals surface area contributed by atoms with Crippen molar-refractivity contribution in [3.63, 3.8) is 0 Å². The summed E-state index contributed by atoms with van der Waals surface area (Å²) in [6.45, 7) is 0.601. The van der Waals surface area contributed by atoms with Crippen molar-refractivity contribution in [2.75, 3.05) is 6.54 Å². The zero-order valence-corrected chi connectivity index (χ0v) is 7.40. The lowest BCUT2D eigenvalue weighted by Crippen LogP contribution is -2.46. The molecule has 1 saturated carbocycles. The summed E-state index contributed by atoms with van der Waals surface area (Å²) in [5, 5.41) is 8.89. The van der Waals surface area contributed by atoms with E-state index in [1.165, 1.54) is 4.90 Å². The molecule has 1 amide bonds. The number of carbonyl (C=O) groups is 2. The molecule has 4 nitrogen and oxygen atoms in total. The van der Waals surface area contributed by atoms with E-state index in [0.717, 1.165) is 19.3 Å². The number of piperidine rings is 1. The van der Waals surface area contributed by atoms with Crippen LogP contribution in [0.25, 0.3) is 0 Å². The summed E-state index contributed by atoms with van der Waals surface area (Å²) in [5.74, 6) is 0.265. The van der Waals surface area contributed by atoms with Gasteiger partial charge in [-0.3, -0.25) is 4.79 Å². The molecule has 0 bridgehead atoms. The van der Waals surface area contributed by atoms with Crippen molar-refractivity contribution in [1.82, 2.24) is 4.90 Å². The van der Waals surface area contributed by atoms with E-state index in [0.29, 0.717) is 13.0 Å². The Morgan fingerprint density at radius 1 is 1.46 bits per heavy atom. The van der Waals surface area contributed by atoms with Crippen molar-refractivity contribution in [2.45, 2.75) is 31.7 Å². The maximum Gasteiger partial charge on any atom is 0.407 e. The van der Waals surface area contributed by atoms with Crippen LogP contribution < -0.4 is 0 Å². The fourth-order valence-electron chi connectivity index (χ4n) is 2.50. The number of rotatable bonds is 0. The lowest BCUT2D eigenvalue weighted by atomic mass is 9.92. The Balaban J connectivity index is 2.16. The van der Waals surface area contributed by atoms with Crippen LogP contribution in [0.4, 0.5) is 4.79 Å². The highest BCUT2D eigenvalue weighted by Gasteiger charge is 2.42. The fourth-order valence-corrected chi connectivity index (χ4v) is 2.50. The Morgan fingerprint density at radius 3 is 2.92 bits per heavy atom. The van der Waals surface area contributed by atoms with Gasteiger partial charge in [-0.1, -0.05) is 0 Å². The van der Waals surface area contributed by atoms with Gasteiger partial charge in [-0.15, -0.1) is 0 Å². The van der Waals surface area contributed by atoms with E-state index in [2.05, 4.69) is 0 Å². The van der Waals surface area contributed by atoms with Crippen molar-refractivity contribution in [3.05, 3.63) is 0 Å². The zero-order valence-electron chi connectivity index (χ0n) is 7.40. The molecule has 0 aromatic carbocycles. The minimum Gasteiger partial charge on any atom is -0.465 e. The van der Waals surface area contributed by atoms with Crippen molar-refractivity contribution < 1.29 is 14.7 Å². The van der Waals surface area contributed by atoms with Gasteiger partial charge in [0.2, 0.25) is 0 Å². The first kappa shape index (κ1) is 8.53. The summed E-state index contributed by atoms with van der Waals surface area (Å²) in [7, 11) is 0. The van der Waals surface area contributed by atoms with Crippen LogP contribution >= 0.6 is 0 Å². The molecule has 1 aliphatic carbocycles. The van der Waals surface area contributed by atoms with Crippen molar-refractivity contribution >= 4 is 11.9 Å². The SMILES string of the molecule is O=C1CC[C@@H]2[C@H]1CCCN2C(=O)O. The molecule has 2 atom stereocenters. The van der Waals surface area contributed by atoms with Crippen LogP contribution in [-0.2, 0) is 4.79 Å². The Hall–Kier alpha value is -1.06. The predicted octanol–water partition coefficient (Wildman–Crippen LogP) is 1.11. The first-order chi connectivity index (χ1) is 6.20. The van der Waals surface area contributed by atoms with Gasteiger partial charge in [0.05, 0.1) is 0 Å². The molecule has 1 saturated heterocycles. The van der Waals surface area contributed by atoms with Gasteiger partial charge in [-0.05, 0) is 19.3 Å². The Morgan fingerprint density at radius 2 is 2.23 bits per heavy atom. The number of nitrogens with zero attached hydrogens (tertiary/aromatic N) is 1. The fraction of sp³-hybridized carbons (Fsp3) is 0.778. The van der Waals surface area contributed by atoms with E-state index in [1.807, 2.05) is 0 Å². The molecule has 1 heterocycles. The molecule has 0 radical (unpaired) electrons. The highest BCUT2D eigenvalue weighted by atomic mass is 16.4. The molecule has 13 heavy (non-hydrogen) atoms. The molecule has 4 heteroatoms. The van der Waals surface area contributed by atoms with Gasteiger partial charge in [-0.25, -0.2) is 4.79 Å². The summed E-state index contributed by atoms with van der Waals surface area (Å²) in [6.07, 6.45) is 2.14. The second-order valence-electron chi connectivity index (χ2n) is 3.80. The second-order valence-corrected chi connectivity index (χ2v) is 3.80. The molecule has 0 spiro atoms. The van der Waals surface area contributed by atoms with E-state index >= 15 is 0 Å². The quantitative estimate of drug-likeness (QED) is 0.612. The summed E-state index contributed by atoms with van der Waals surface area (Å²) in [5.41, 5.74) is 0. The summed E-state index contributed by atoms with van der Waals surface area (Å²) in [4.78, 5) is 23.6. The molecule has 0 aromatic rings. The molecule has 0 unspecified atom stereocenters. The minimum atomic E-state index is -0.871. The van der Waals surface area contributed by atoms with Crippen LogP contribution in [0, 0.1) is 5.92 Å². The average Bonchev–Trinajstić information content (AvgIpc) is 2.48. The van der Waals surface area contributed by atoms with Crippen molar-refractivity contribution in [3.8, 4) is 0 Å². The second kappa shape index (κ2) is 3.01. The number of fused-ring (bicyclic) bond motifs is 1. The number of hydrogen-bond donors (Lipinski definition) is 1. The Labute approximate surface area is 76.5 Å². The van der Waals surface area contributed by atoms with Crippen LogP contribution in [0.3, 0.4) is 0 Å². The number of amides is 1. The minimum absolute atomic E-state index is 0.00449. The first-order valence-electron chi connectivity index (χ1n) is 4.72. The molecule has 2 rings (SSSR count). The topological polar surface area (TPSA) is 57.6 Å². The third-order valence-electron chi connectivity index (χ3n) is 3.12. The van der Waals surface area contributed by atoms with Crippen molar-refractivity contribution in [1.29, 1.82) is 0 Å². The van der Waals surface area contributed by atoms with Gasteiger partial charge < -0.3 is 10.0 Å². The summed E-state index contributed by atoms with van der Waals surface area (Å²) < 4.78 is 0. The van der Waals surface area contributed by atoms with Crippen LogP contribution in [0.2, 0.25) is 0 Å². The van der Waals surface area contributed by atoms with Crippen LogP contribution in [-0.4, -0.2) is 34.5 Å². The van der Waals surface area contributed by atoms with Crippen LogP contribution in [0.1, 0.15) is 25.7 Å². The molecule has 1 N–H and O–H groups in total. The molecular formula is C9H13NO3. The van der Waals surface area contributed by atoms with E-state index < -0.39 is 6.09 Å². The zero-order chi connectivity index (χ0) is 9.42. The lowest BCUT2D eigenvalue weighted by molar-refractivity contribution is -0.122. The number of hydrogen-bond acceptors (Lipinski definition) is 2. The van der Waals surface area contributed by atoms with E-state index in [-0.39, 0.29) is 17.7 Å². The maximum atomic E-state index is 11.4. The molecular weight excluding hydrogens is 170 g/mol. The smallest absolute Gasteiger partial charge is 0.407 e. The first-order valence-corrected chi connectivity index (χ1v) is 4.72. The van der Waals surface area contributed by atoms with Gasteiger partial charge in [0.1, 0.15) is 5.78 Å². The van der Waals surface area contributed by atoms with Crippen LogP contribution in [0.15, 0.2) is 0 Å². The van der Waals surface area contributed by atoms with Gasteiger partial charge in [-0.2, -0.15) is 0 Å². The summed E-state index contributed by atoms with van der Waals surface area (Å²) >= 11 is 0. The van der Waals surface area contributed by atoms with Gasteiger partial charge in [0, 0.05) is 24.9 Å². The average molecular weight is 183 g/mol. The third-order valence-corrected chi connectivity index (χ3v) is 3.12. The highest BCUT2D eigenvalue weighted by Crippen LogP contribution is 2.34. The molecule has 72 valence electrons. The third kappa shape index (κ3) is 1.30. The maximum absolute atomic E-state index is 11.4. The van der Waals surface area contributed by atoms with Gasteiger partial charge >= 0.3 is 6.09 Å². The number of likely N-dealkylation sites (tertiary alicyclic amines) is 1. The molecule has 2 fully saturated rings. The highest BCUT2D eigenvalue weighted by molar-refractivity contribution is 5.85. The Kier molecular flexibility index (Phi) is 1.98. The molecule has 2 aliphatic rings. The normalized spacial score (nSPS) is 33.2. The number of ketones is 1. The largest absolute Gasteiger partial charge is 0.465 e. The number of carboxylic acid groups (broad SMARTS) is 1. The van der Waals surface area contributed by atoms with Crippen LogP contribution in [0.5, 0.6) is 0 Å². The summed E-state index contributed by atoms with van der Waals surface area (Å²) in [6, 6.07) is -0.0150. The van der Waals surface area contributed by atoms with E-state index in [1.54, 1.807) is 0 Å². The van der Waals surface area contributed by atoms with Gasteiger partial charge in [0.25, 0.3) is 0 Å². The van der Waals surface area contributed by atoms with Crippen molar-refractivity contribution in [2.24, 2.45) is 5.92 Å². The number of carbonyl (C=O) groups excluding carboxylic acids is 1. The van der Waals surface area contributed by atoms with E-state index in [9.17, 15) is 9.59 Å². The predicted molar refractivity (Wildman–Crippen MR) is 45.5 cm³/mol. The lowest BCUT2D eigenvalue weighted by Gasteiger charge is -2.34. The van der Waals surface area contributed by atoms with Gasteiger partial charge in [0.15, 0.2) is 0 Å². The Bertz CT molecular complexity index is 251. The standard InChI is InChI=1S/C9H13NO3/c11-8-4-3-7-6(8)2-1-5-10(7)9(12)13/h6-7H,1-5H2,(H,12,13)/t6-,7-/m1/s1. The molecule has 0 aromatic heterocycles. The monoisotopic (exact) mass is 183 g/mol.